The molecule has 2 N–H and O–H groups in total. The summed E-state index contributed by atoms with van der Waals surface area (Å²) in [6, 6.07) is 7.52. The van der Waals surface area contributed by atoms with Crippen LogP contribution in [-0.4, -0.2) is 45.0 Å². The van der Waals surface area contributed by atoms with Gasteiger partial charge in [0.25, 0.3) is 5.91 Å². The molecule has 4 rings (SSSR count). The minimum atomic E-state index is -4.22. The SMILES string of the molecule is NS(=O)(=O)c1ccc(N2C(=O)CC(N(C3CCCCC3)S(=O)(=O)c3ccc(F)cc3)C2=O)cc1. The van der Waals surface area contributed by atoms with Crippen molar-refractivity contribution in [3.63, 3.8) is 0 Å². The van der Waals surface area contributed by atoms with Crippen LogP contribution in [0, 0.1) is 5.82 Å². The third kappa shape index (κ3) is 4.63. The van der Waals surface area contributed by atoms with Gasteiger partial charge in [0.05, 0.1) is 21.9 Å². The Morgan fingerprint density at radius 1 is 0.853 bits per heavy atom. The van der Waals surface area contributed by atoms with Crippen molar-refractivity contribution in [2.24, 2.45) is 5.14 Å². The number of carbonyl (C=O) groups excluding carboxylic acids is 2. The molecule has 182 valence electrons. The molecular weight excluding hydrogens is 485 g/mol. The van der Waals surface area contributed by atoms with Crippen LogP contribution in [0.1, 0.15) is 38.5 Å². The molecule has 1 aliphatic carbocycles. The number of rotatable bonds is 6. The van der Waals surface area contributed by atoms with Crippen molar-refractivity contribution in [2.75, 3.05) is 4.90 Å². The van der Waals surface area contributed by atoms with Gasteiger partial charge in [-0.2, -0.15) is 4.31 Å². The Balaban J connectivity index is 1.71. The Kier molecular flexibility index (Phi) is 6.60. The molecule has 12 heteroatoms. The summed E-state index contributed by atoms with van der Waals surface area (Å²) in [4.78, 5) is 26.8. The first-order chi connectivity index (χ1) is 16.0. The number of imide groups is 1. The highest BCUT2D eigenvalue weighted by Crippen LogP contribution is 2.35. The Morgan fingerprint density at radius 2 is 1.41 bits per heavy atom. The lowest BCUT2D eigenvalue weighted by Gasteiger charge is -2.36. The zero-order valence-corrected chi connectivity index (χ0v) is 19.8. The Bertz CT molecular complexity index is 1310. The Morgan fingerprint density at radius 3 is 1.97 bits per heavy atom. The van der Waals surface area contributed by atoms with E-state index in [0.29, 0.717) is 12.8 Å². The highest BCUT2D eigenvalue weighted by atomic mass is 32.2. The third-order valence-corrected chi connectivity index (χ3v) is 9.08. The molecule has 2 aromatic carbocycles. The van der Waals surface area contributed by atoms with Crippen LogP contribution in [-0.2, 0) is 29.6 Å². The minimum absolute atomic E-state index is 0.118. The lowest BCUT2D eigenvalue weighted by molar-refractivity contribution is -0.122. The van der Waals surface area contributed by atoms with Crippen LogP contribution in [0.5, 0.6) is 0 Å². The lowest BCUT2D eigenvalue weighted by Crippen LogP contribution is -2.51. The van der Waals surface area contributed by atoms with Gasteiger partial charge in [0.1, 0.15) is 11.9 Å². The molecule has 1 saturated heterocycles. The van der Waals surface area contributed by atoms with Crippen molar-refractivity contribution in [3.8, 4) is 0 Å². The van der Waals surface area contributed by atoms with Crippen LogP contribution < -0.4 is 10.0 Å². The first-order valence-electron chi connectivity index (χ1n) is 10.8. The summed E-state index contributed by atoms with van der Waals surface area (Å²) in [6.45, 7) is 0. The maximum Gasteiger partial charge on any atom is 0.252 e. The lowest BCUT2D eigenvalue weighted by atomic mass is 9.94. The molecule has 34 heavy (non-hydrogen) atoms. The van der Waals surface area contributed by atoms with Crippen molar-refractivity contribution in [1.29, 1.82) is 0 Å². The van der Waals surface area contributed by atoms with Gasteiger partial charge in [0, 0.05) is 6.04 Å². The highest BCUT2D eigenvalue weighted by molar-refractivity contribution is 7.89. The number of amides is 2. The molecule has 1 aliphatic heterocycles. The van der Waals surface area contributed by atoms with Gasteiger partial charge < -0.3 is 0 Å². The Labute approximate surface area is 197 Å². The molecule has 2 amide bonds. The predicted octanol–water partition coefficient (Wildman–Crippen LogP) is 2.13. The van der Waals surface area contributed by atoms with E-state index in [1.54, 1.807) is 0 Å². The predicted molar refractivity (Wildman–Crippen MR) is 121 cm³/mol. The van der Waals surface area contributed by atoms with Crippen molar-refractivity contribution < 1.29 is 30.8 Å². The maximum atomic E-state index is 13.6. The van der Waals surface area contributed by atoms with Gasteiger partial charge in [0.15, 0.2) is 0 Å². The van der Waals surface area contributed by atoms with E-state index in [9.17, 15) is 30.8 Å². The van der Waals surface area contributed by atoms with E-state index in [-0.39, 0.29) is 21.9 Å². The second kappa shape index (κ2) is 9.17. The molecule has 0 aromatic heterocycles. The second-order valence-corrected chi connectivity index (χ2v) is 11.8. The number of nitrogens with two attached hydrogens (primary N) is 1. The molecule has 2 aromatic rings. The Hall–Kier alpha value is -2.67. The molecule has 1 saturated carbocycles. The van der Waals surface area contributed by atoms with Crippen LogP contribution in [0.2, 0.25) is 0 Å². The van der Waals surface area contributed by atoms with E-state index in [4.69, 9.17) is 5.14 Å². The number of sulfonamides is 2. The van der Waals surface area contributed by atoms with Gasteiger partial charge in [-0.3, -0.25) is 9.59 Å². The second-order valence-electron chi connectivity index (χ2n) is 8.41. The number of anilines is 1. The average Bonchev–Trinajstić information content (AvgIpc) is 3.07. The molecule has 2 fully saturated rings. The van der Waals surface area contributed by atoms with E-state index < -0.39 is 49.8 Å². The van der Waals surface area contributed by atoms with E-state index >= 15 is 0 Å². The summed E-state index contributed by atoms with van der Waals surface area (Å²) in [7, 11) is -8.18. The van der Waals surface area contributed by atoms with Crippen LogP contribution in [0.3, 0.4) is 0 Å². The van der Waals surface area contributed by atoms with Crippen molar-refractivity contribution in [3.05, 3.63) is 54.3 Å². The van der Waals surface area contributed by atoms with E-state index in [0.717, 1.165) is 52.7 Å². The first-order valence-corrected chi connectivity index (χ1v) is 13.8. The third-order valence-electron chi connectivity index (χ3n) is 6.18. The van der Waals surface area contributed by atoms with Crippen molar-refractivity contribution in [2.45, 2.75) is 60.4 Å². The van der Waals surface area contributed by atoms with Crippen molar-refractivity contribution in [1.82, 2.24) is 4.31 Å². The highest BCUT2D eigenvalue weighted by Gasteiger charge is 2.49. The normalized spacial score (nSPS) is 20.3. The smallest absolute Gasteiger partial charge is 0.252 e. The number of primary sulfonamides is 1. The van der Waals surface area contributed by atoms with Crippen LogP contribution in [0.15, 0.2) is 58.3 Å². The number of carbonyl (C=O) groups is 2. The molecule has 9 nitrogen and oxygen atoms in total. The quantitative estimate of drug-likeness (QED) is 0.593. The van der Waals surface area contributed by atoms with Gasteiger partial charge in [-0.05, 0) is 61.4 Å². The molecule has 0 spiro atoms. The average molecular weight is 510 g/mol. The van der Waals surface area contributed by atoms with Gasteiger partial charge in [-0.15, -0.1) is 0 Å². The van der Waals surface area contributed by atoms with Gasteiger partial charge in [-0.25, -0.2) is 31.3 Å². The fourth-order valence-corrected chi connectivity index (χ4v) is 6.89. The molecule has 1 atom stereocenters. The number of nitrogens with zero attached hydrogens (tertiary/aromatic N) is 2. The molecule has 2 aliphatic rings. The summed E-state index contributed by atoms with van der Waals surface area (Å²) >= 11 is 0. The topological polar surface area (TPSA) is 135 Å². The van der Waals surface area contributed by atoms with Gasteiger partial charge >= 0.3 is 0 Å². The molecule has 1 heterocycles. The van der Waals surface area contributed by atoms with E-state index in [1.807, 2.05) is 0 Å². The largest absolute Gasteiger partial charge is 0.274 e. The van der Waals surface area contributed by atoms with Gasteiger partial charge in [0.2, 0.25) is 26.0 Å². The molecular formula is C22H24FN3O6S2. The number of benzene rings is 2. The van der Waals surface area contributed by atoms with Crippen molar-refractivity contribution >= 4 is 37.5 Å². The molecule has 0 bridgehead atoms. The standard InChI is InChI=1S/C22H24FN3O6S2/c23-15-6-10-19(11-7-15)34(31,32)26(17-4-2-1-3-5-17)20-14-21(27)25(22(20)28)16-8-12-18(13-9-16)33(24,29)30/h6-13,17,20H,1-5,14H2,(H2,24,29,30). The van der Waals surface area contributed by atoms with E-state index in [1.165, 1.54) is 24.3 Å². The first kappa shape index (κ1) is 24.5. The number of halogens is 1. The summed E-state index contributed by atoms with van der Waals surface area (Å²) in [5.74, 6) is -1.91. The van der Waals surface area contributed by atoms with Crippen LogP contribution in [0.25, 0.3) is 0 Å². The molecule has 1 unspecified atom stereocenters. The van der Waals surface area contributed by atoms with Crippen LogP contribution in [0.4, 0.5) is 10.1 Å². The summed E-state index contributed by atoms with van der Waals surface area (Å²) < 4.78 is 64.8. The summed E-state index contributed by atoms with van der Waals surface area (Å²) in [5, 5.41) is 5.10. The fraction of sp³-hybridized carbons (Fsp3) is 0.364. The fourth-order valence-electron chi connectivity index (χ4n) is 4.55. The minimum Gasteiger partial charge on any atom is -0.274 e. The van der Waals surface area contributed by atoms with Gasteiger partial charge in [-0.1, -0.05) is 19.3 Å². The zero-order valence-electron chi connectivity index (χ0n) is 18.1. The maximum absolute atomic E-state index is 13.6. The summed E-state index contributed by atoms with van der Waals surface area (Å²) in [5.41, 5.74) is 0.118. The number of hydrogen-bond acceptors (Lipinski definition) is 6. The number of hydrogen-bond donors (Lipinski definition) is 1. The molecule has 0 radical (unpaired) electrons. The summed E-state index contributed by atoms with van der Waals surface area (Å²) in [6.07, 6.45) is 3.25. The monoisotopic (exact) mass is 509 g/mol. The van der Waals surface area contributed by atoms with E-state index in [2.05, 4.69) is 0 Å². The van der Waals surface area contributed by atoms with Crippen LogP contribution >= 0.6 is 0 Å². The zero-order chi connectivity index (χ0) is 24.7.